The third-order valence-corrected chi connectivity index (χ3v) is 18.8. The van der Waals surface area contributed by atoms with Gasteiger partial charge in [0.1, 0.15) is 168 Å². The van der Waals surface area contributed by atoms with Crippen LogP contribution in [0.4, 0.5) is 0 Å². The summed E-state index contributed by atoms with van der Waals surface area (Å²) in [5.41, 5.74) is 35.4. The molecular weight excluding hydrogens is 787 g/mol. The second kappa shape index (κ2) is 15.0. The SMILES string of the molecule is Bc1c(B)c(B)c(-c2nc(-c3c(B)c(B)c(B)c(B)c3B)c3oc4c(-n5c6c(B)c(B)c(B)c(B)c6c6c7sc8c(B)c(B)c(B)c(B)c8c7c(B)c(B)c65)cccc4c3n2)c(B)c1B. The number of furan rings is 1. The predicted molar refractivity (Wildman–Crippen MR) is 351 cm³/mol. The van der Waals surface area contributed by atoms with Crippen molar-refractivity contribution >= 4 is 342 Å². The monoisotopic (exact) mass is 833 g/mol. The van der Waals surface area contributed by atoms with Gasteiger partial charge in [0.25, 0.3) is 0 Å². The number of para-hydroxylation sites is 1. The zero-order valence-electron chi connectivity index (χ0n) is 42.4. The minimum atomic E-state index is 0.734. The quantitative estimate of drug-likeness (QED) is 0.167. The summed E-state index contributed by atoms with van der Waals surface area (Å²) in [6, 6.07) is 6.69. The van der Waals surface area contributed by atoms with Gasteiger partial charge in [-0.25, -0.2) is 9.97 Å². The number of rotatable bonds is 3. The van der Waals surface area contributed by atoms with Crippen molar-refractivity contribution in [2.75, 3.05) is 0 Å². The summed E-state index contributed by atoms with van der Waals surface area (Å²) in [5.74, 6) is 0.751. The van der Waals surface area contributed by atoms with Crippen LogP contribution in [0.2, 0.25) is 0 Å². The summed E-state index contributed by atoms with van der Waals surface area (Å²) in [5, 5.41) is 6.51. The maximum Gasteiger partial charge on any atom is 0.180 e. The van der Waals surface area contributed by atoms with Gasteiger partial charge in [-0.05, 0) is 28.5 Å². The third kappa shape index (κ3) is 5.72. The first kappa shape index (κ1) is 44.4. The van der Waals surface area contributed by atoms with Crippen LogP contribution in [0.25, 0.3) is 92.4 Å². The summed E-state index contributed by atoms with van der Waals surface area (Å²) in [6.45, 7) is 0. The average molecular weight is 830 g/mol. The van der Waals surface area contributed by atoms with Crippen LogP contribution in [0, 0.1) is 0 Å². The molecule has 4 nitrogen and oxygen atoms in total. The lowest BCUT2D eigenvalue weighted by molar-refractivity contribution is 0.665. The van der Waals surface area contributed by atoms with Gasteiger partial charge in [-0.2, -0.15) is 0 Å². The van der Waals surface area contributed by atoms with E-state index in [2.05, 4.69) is 180 Å². The lowest BCUT2D eigenvalue weighted by Gasteiger charge is -2.22. The number of thiophene rings is 1. The molecule has 0 fully saturated rings. The molecule has 10 rings (SSSR count). The highest BCUT2D eigenvalue weighted by molar-refractivity contribution is 7.28. The highest BCUT2D eigenvalue weighted by atomic mass is 32.1. The Kier molecular flexibility index (Phi) is 10.2. The molecule has 65 heavy (non-hydrogen) atoms. The largest absolute Gasteiger partial charge is 0.450 e. The summed E-state index contributed by atoms with van der Waals surface area (Å²) >= 11 is 1.99. The van der Waals surface area contributed by atoms with Crippen molar-refractivity contribution < 1.29 is 4.42 Å². The maximum atomic E-state index is 7.47. The molecule has 290 valence electrons. The van der Waals surface area contributed by atoms with Crippen molar-refractivity contribution in [3.05, 3.63) is 18.2 Å². The standard InChI is InChI=1S/C40H43B20N3OS/c41-12-6-9-35(29(58)14(43)7-8-13(42)20(49)28(57)31(60)39(8)65-38(7)9)63(34(6)30(59)27(56)19(12)48)5-3-1-2-4-32-37(64-36(4)5)33(10-15(44)21(50)25(54)22(51)16(10)45)62-40(61-32)11-17(46)23(52)26(55)24(53)18(11)47/h1-3H,41-60H2. The second-order valence-corrected chi connectivity index (χ2v) is 20.9. The molecule has 0 bridgehead atoms. The molecule has 0 atom stereocenters. The summed E-state index contributed by atoms with van der Waals surface area (Å²) < 4.78 is 12.8. The Morgan fingerprint density at radius 3 is 1.40 bits per heavy atom. The predicted octanol–water partition coefficient (Wildman–Crippen LogP) is -23.7. The van der Waals surface area contributed by atoms with Gasteiger partial charge >= 0.3 is 0 Å². The van der Waals surface area contributed by atoms with E-state index in [0.717, 1.165) is 50.4 Å². The molecule has 0 saturated carbocycles. The van der Waals surface area contributed by atoms with Crippen LogP contribution in [0.15, 0.2) is 22.6 Å². The van der Waals surface area contributed by atoms with Crippen LogP contribution in [0.5, 0.6) is 0 Å². The highest BCUT2D eigenvalue weighted by Gasteiger charge is 2.30. The Morgan fingerprint density at radius 1 is 0.385 bits per heavy atom. The van der Waals surface area contributed by atoms with E-state index in [-0.39, 0.29) is 0 Å². The summed E-state index contributed by atoms with van der Waals surface area (Å²) in [6.07, 6.45) is 0. The van der Waals surface area contributed by atoms with Crippen LogP contribution in [0.3, 0.4) is 0 Å². The zero-order valence-corrected chi connectivity index (χ0v) is 43.2. The Labute approximate surface area is 404 Å². The number of benzene rings is 6. The summed E-state index contributed by atoms with van der Waals surface area (Å²) in [7, 11) is 45.6. The molecule has 25 heteroatoms. The third-order valence-electron chi connectivity index (χ3n) is 17.4. The van der Waals surface area contributed by atoms with Gasteiger partial charge in [0, 0.05) is 42.2 Å². The Balaban J connectivity index is 1.43. The summed E-state index contributed by atoms with van der Waals surface area (Å²) in [4.78, 5) is 11.2. The van der Waals surface area contributed by atoms with Crippen LogP contribution < -0.4 is 109 Å². The molecule has 10 aromatic rings. The van der Waals surface area contributed by atoms with Crippen molar-refractivity contribution in [2.45, 2.75) is 0 Å². The van der Waals surface area contributed by atoms with Crippen molar-refractivity contribution in [3.63, 3.8) is 0 Å². The van der Waals surface area contributed by atoms with Gasteiger partial charge in [0.2, 0.25) is 0 Å². The second-order valence-electron chi connectivity index (χ2n) is 19.9. The average Bonchev–Trinajstić information content (AvgIpc) is 3.99. The van der Waals surface area contributed by atoms with Gasteiger partial charge in [-0.3, -0.25) is 0 Å². The molecule has 6 aromatic carbocycles. The molecule has 0 aliphatic rings. The topological polar surface area (TPSA) is 43.9 Å². The van der Waals surface area contributed by atoms with E-state index in [1.165, 1.54) is 151 Å². The first-order valence-electron chi connectivity index (χ1n) is 23.4. The first-order valence-corrected chi connectivity index (χ1v) is 24.2. The van der Waals surface area contributed by atoms with Crippen LogP contribution in [-0.2, 0) is 0 Å². The maximum absolute atomic E-state index is 7.47. The number of hydrogen-bond acceptors (Lipinski definition) is 4. The van der Waals surface area contributed by atoms with E-state index >= 15 is 0 Å². The molecule has 0 amide bonds. The van der Waals surface area contributed by atoms with E-state index in [0.29, 0.717) is 0 Å². The molecule has 4 heterocycles. The van der Waals surface area contributed by atoms with Gasteiger partial charge in [0.05, 0.1) is 5.69 Å². The molecule has 0 radical (unpaired) electrons. The molecule has 0 aliphatic carbocycles. The van der Waals surface area contributed by atoms with Gasteiger partial charge < -0.3 is 8.98 Å². The van der Waals surface area contributed by atoms with Crippen LogP contribution in [0.1, 0.15) is 0 Å². The first-order chi connectivity index (χ1) is 30.6. The zero-order chi connectivity index (χ0) is 46.9. The van der Waals surface area contributed by atoms with E-state index < -0.39 is 0 Å². The lowest BCUT2D eigenvalue weighted by Crippen LogP contribution is -2.55. The van der Waals surface area contributed by atoms with Crippen molar-refractivity contribution in [2.24, 2.45) is 0 Å². The van der Waals surface area contributed by atoms with E-state index in [1.54, 1.807) is 0 Å². The van der Waals surface area contributed by atoms with E-state index in [1.807, 2.05) is 11.3 Å². The minimum absolute atomic E-state index is 0.734. The Bertz CT molecular complexity index is 3860. The smallest absolute Gasteiger partial charge is 0.180 e. The van der Waals surface area contributed by atoms with Crippen molar-refractivity contribution in [1.29, 1.82) is 0 Å². The van der Waals surface area contributed by atoms with Crippen molar-refractivity contribution in [1.82, 2.24) is 14.5 Å². The molecule has 0 spiro atoms. The normalized spacial score (nSPS) is 12.0. The lowest BCUT2D eigenvalue weighted by atomic mass is 9.60. The number of nitrogens with zero attached hydrogens (tertiary/aromatic N) is 3. The molecule has 0 unspecified atom stereocenters. The van der Waals surface area contributed by atoms with E-state index in [4.69, 9.17) is 14.4 Å². The fourth-order valence-corrected chi connectivity index (χ4v) is 13.2. The molecule has 0 saturated heterocycles. The Hall–Kier alpha value is -4.48. The van der Waals surface area contributed by atoms with E-state index in [9.17, 15) is 0 Å². The molecule has 4 aromatic heterocycles. The van der Waals surface area contributed by atoms with Crippen LogP contribution >= 0.6 is 11.3 Å². The minimum Gasteiger partial charge on any atom is -0.450 e. The van der Waals surface area contributed by atoms with Gasteiger partial charge in [-0.1, -0.05) is 66.2 Å². The fraction of sp³-hybridized carbons (Fsp3) is 0. The number of hydrogen-bond donors (Lipinski definition) is 0. The highest BCUT2D eigenvalue weighted by Crippen LogP contribution is 2.42. The number of fused-ring (bicyclic) bond motifs is 10. The van der Waals surface area contributed by atoms with Crippen LogP contribution in [-0.4, -0.2) is 171 Å². The van der Waals surface area contributed by atoms with Gasteiger partial charge in [0.15, 0.2) is 17.0 Å². The van der Waals surface area contributed by atoms with Gasteiger partial charge in [-0.15, -0.1) is 60.5 Å². The molecule has 0 aliphatic heterocycles. The molecule has 0 N–H and O–H groups in total. The van der Waals surface area contributed by atoms with Crippen molar-refractivity contribution in [3.8, 4) is 28.3 Å². The Morgan fingerprint density at radius 2 is 0.815 bits per heavy atom. The fourth-order valence-electron chi connectivity index (χ4n) is 11.7. The molecular formula is C40H43B20N3OS. The number of aromatic nitrogens is 3.